The second-order valence-electron chi connectivity index (χ2n) is 3.88. The summed E-state index contributed by atoms with van der Waals surface area (Å²) >= 11 is 0. The van der Waals surface area contributed by atoms with Crippen LogP contribution in [-0.2, 0) is 9.53 Å². The summed E-state index contributed by atoms with van der Waals surface area (Å²) in [5.74, 6) is 0.513. The molecule has 3 heteroatoms. The molecule has 0 radical (unpaired) electrons. The van der Waals surface area contributed by atoms with Crippen LogP contribution in [-0.4, -0.2) is 18.6 Å². The lowest BCUT2D eigenvalue weighted by atomic mass is 10.1. The summed E-state index contributed by atoms with van der Waals surface area (Å²) in [6, 6.07) is -0.0169. The van der Waals surface area contributed by atoms with E-state index in [4.69, 9.17) is 10.5 Å². The van der Waals surface area contributed by atoms with Crippen LogP contribution in [0.4, 0.5) is 0 Å². The highest BCUT2D eigenvalue weighted by Crippen LogP contribution is 2.28. The highest BCUT2D eigenvalue weighted by molar-refractivity contribution is 5.70. The van der Waals surface area contributed by atoms with Crippen molar-refractivity contribution in [3.8, 4) is 0 Å². The molecule has 0 aromatic carbocycles. The third-order valence-electron chi connectivity index (χ3n) is 2.27. The van der Waals surface area contributed by atoms with E-state index < -0.39 is 0 Å². The van der Waals surface area contributed by atoms with Crippen LogP contribution in [0.3, 0.4) is 0 Å². The molecule has 1 aliphatic carbocycles. The molecule has 1 fully saturated rings. The van der Waals surface area contributed by atoms with Gasteiger partial charge in [0, 0.05) is 6.04 Å². The third-order valence-corrected chi connectivity index (χ3v) is 2.27. The van der Waals surface area contributed by atoms with Crippen molar-refractivity contribution in [2.45, 2.75) is 45.1 Å². The van der Waals surface area contributed by atoms with Gasteiger partial charge in [-0.05, 0) is 25.2 Å². The van der Waals surface area contributed by atoms with Gasteiger partial charge in [-0.15, -0.1) is 0 Å². The van der Waals surface area contributed by atoms with Gasteiger partial charge in [0.2, 0.25) is 0 Å². The minimum absolute atomic E-state index is 0.0169. The fourth-order valence-corrected chi connectivity index (χ4v) is 1.24. The smallest absolute Gasteiger partial charge is 0.307 e. The predicted octanol–water partition coefficient (Wildman–Crippen LogP) is 1.46. The molecule has 2 N–H and O–H groups in total. The first-order valence-electron chi connectivity index (χ1n) is 5.13. The number of hydrogen-bond acceptors (Lipinski definition) is 3. The van der Waals surface area contributed by atoms with Gasteiger partial charge in [-0.2, -0.15) is 0 Å². The first kappa shape index (κ1) is 10.5. The molecule has 1 saturated carbocycles. The Morgan fingerprint density at radius 1 is 1.62 bits per heavy atom. The molecule has 0 bridgehead atoms. The van der Waals surface area contributed by atoms with Crippen LogP contribution in [0.15, 0.2) is 0 Å². The van der Waals surface area contributed by atoms with Crippen LogP contribution in [0.5, 0.6) is 0 Å². The molecule has 1 unspecified atom stereocenters. The number of ether oxygens (including phenoxy) is 1. The normalized spacial score (nSPS) is 18.3. The minimum Gasteiger partial charge on any atom is -0.465 e. The van der Waals surface area contributed by atoms with Crippen molar-refractivity contribution >= 4 is 5.97 Å². The van der Waals surface area contributed by atoms with Crippen molar-refractivity contribution in [3.05, 3.63) is 0 Å². The molecule has 3 nitrogen and oxygen atoms in total. The molecule has 1 atom stereocenters. The Bertz CT molecular complexity index is 166. The summed E-state index contributed by atoms with van der Waals surface area (Å²) in [6.45, 7) is 2.67. The molecule has 1 aliphatic rings. The van der Waals surface area contributed by atoms with E-state index in [9.17, 15) is 4.79 Å². The minimum atomic E-state index is -0.132. The molecule has 0 spiro atoms. The lowest BCUT2D eigenvalue weighted by molar-refractivity contribution is -0.144. The van der Waals surface area contributed by atoms with Gasteiger partial charge in [0.25, 0.3) is 0 Å². The van der Waals surface area contributed by atoms with Crippen molar-refractivity contribution in [2.75, 3.05) is 6.61 Å². The molecule has 0 aromatic rings. The van der Waals surface area contributed by atoms with Gasteiger partial charge >= 0.3 is 5.97 Å². The van der Waals surface area contributed by atoms with Crippen LogP contribution in [0.1, 0.15) is 39.0 Å². The summed E-state index contributed by atoms with van der Waals surface area (Å²) in [5.41, 5.74) is 5.71. The van der Waals surface area contributed by atoms with Crippen molar-refractivity contribution in [2.24, 2.45) is 11.7 Å². The maximum absolute atomic E-state index is 11.2. The van der Waals surface area contributed by atoms with Crippen LogP contribution in [0.2, 0.25) is 0 Å². The zero-order valence-electron chi connectivity index (χ0n) is 8.29. The van der Waals surface area contributed by atoms with Gasteiger partial charge in [0.1, 0.15) is 0 Å². The summed E-state index contributed by atoms with van der Waals surface area (Å²) in [5, 5.41) is 0. The van der Waals surface area contributed by atoms with Crippen molar-refractivity contribution in [1.29, 1.82) is 0 Å². The molecule has 0 saturated heterocycles. The van der Waals surface area contributed by atoms with Gasteiger partial charge in [-0.1, -0.05) is 13.3 Å². The van der Waals surface area contributed by atoms with E-state index in [2.05, 4.69) is 6.92 Å². The topological polar surface area (TPSA) is 52.3 Å². The largest absolute Gasteiger partial charge is 0.465 e. The Labute approximate surface area is 79.6 Å². The Morgan fingerprint density at radius 3 is 2.85 bits per heavy atom. The number of hydrogen-bond donors (Lipinski definition) is 1. The number of rotatable bonds is 6. The fraction of sp³-hybridized carbons (Fsp3) is 0.900. The molecular formula is C10H19NO2. The maximum Gasteiger partial charge on any atom is 0.307 e. The van der Waals surface area contributed by atoms with E-state index in [1.165, 1.54) is 12.8 Å². The first-order valence-corrected chi connectivity index (χ1v) is 5.13. The van der Waals surface area contributed by atoms with E-state index >= 15 is 0 Å². The number of nitrogens with two attached hydrogens (primary N) is 1. The highest BCUT2D eigenvalue weighted by atomic mass is 16.5. The lowest BCUT2D eigenvalue weighted by Gasteiger charge is -2.09. The zero-order chi connectivity index (χ0) is 9.68. The molecule has 76 valence electrons. The van der Waals surface area contributed by atoms with E-state index in [1.807, 2.05) is 0 Å². The Hall–Kier alpha value is -0.570. The predicted molar refractivity (Wildman–Crippen MR) is 51.2 cm³/mol. The van der Waals surface area contributed by atoms with Crippen LogP contribution < -0.4 is 5.73 Å². The van der Waals surface area contributed by atoms with E-state index in [0.717, 1.165) is 12.8 Å². The van der Waals surface area contributed by atoms with Crippen molar-refractivity contribution < 1.29 is 9.53 Å². The van der Waals surface area contributed by atoms with Crippen molar-refractivity contribution in [3.63, 3.8) is 0 Å². The highest BCUT2D eigenvalue weighted by Gasteiger charge is 2.23. The summed E-state index contributed by atoms with van der Waals surface area (Å²) < 4.78 is 5.06. The Morgan fingerprint density at radius 2 is 2.31 bits per heavy atom. The summed E-state index contributed by atoms with van der Waals surface area (Å²) in [6.07, 6.45) is 4.73. The molecule has 1 rings (SSSR count). The molecule has 13 heavy (non-hydrogen) atoms. The monoisotopic (exact) mass is 185 g/mol. The van der Waals surface area contributed by atoms with E-state index in [-0.39, 0.29) is 12.0 Å². The Balaban J connectivity index is 2.01. The quantitative estimate of drug-likeness (QED) is 0.637. The molecule has 0 heterocycles. The molecule has 0 amide bonds. The average molecular weight is 185 g/mol. The summed E-state index contributed by atoms with van der Waals surface area (Å²) in [4.78, 5) is 11.2. The van der Waals surface area contributed by atoms with Gasteiger partial charge in [-0.25, -0.2) is 0 Å². The second-order valence-corrected chi connectivity index (χ2v) is 3.88. The van der Waals surface area contributed by atoms with Crippen LogP contribution in [0, 0.1) is 5.92 Å². The SMILES string of the molecule is CCCC(N)CC(=O)OCC1CC1. The Kier molecular flexibility index (Phi) is 4.22. The van der Waals surface area contributed by atoms with Crippen molar-refractivity contribution in [1.82, 2.24) is 0 Å². The second kappa shape index (κ2) is 5.22. The average Bonchev–Trinajstić information content (AvgIpc) is 2.84. The number of carbonyl (C=O) groups excluding carboxylic acids is 1. The lowest BCUT2D eigenvalue weighted by Crippen LogP contribution is -2.24. The van der Waals surface area contributed by atoms with E-state index in [0.29, 0.717) is 18.9 Å². The molecule has 0 aromatic heterocycles. The van der Waals surface area contributed by atoms with Crippen LogP contribution in [0.25, 0.3) is 0 Å². The maximum atomic E-state index is 11.2. The molecule has 0 aliphatic heterocycles. The third kappa shape index (κ3) is 4.88. The van der Waals surface area contributed by atoms with Gasteiger partial charge in [0.15, 0.2) is 0 Å². The van der Waals surface area contributed by atoms with Crippen LogP contribution >= 0.6 is 0 Å². The standard InChI is InChI=1S/C10H19NO2/c1-2-3-9(11)6-10(12)13-7-8-4-5-8/h8-9H,2-7,11H2,1H3. The van der Waals surface area contributed by atoms with E-state index in [1.54, 1.807) is 0 Å². The number of esters is 1. The zero-order valence-corrected chi connectivity index (χ0v) is 8.29. The van der Waals surface area contributed by atoms with Gasteiger partial charge in [-0.3, -0.25) is 4.79 Å². The van der Waals surface area contributed by atoms with Gasteiger partial charge < -0.3 is 10.5 Å². The molecular weight excluding hydrogens is 166 g/mol. The summed E-state index contributed by atoms with van der Waals surface area (Å²) in [7, 11) is 0. The first-order chi connectivity index (χ1) is 6.22. The number of carbonyl (C=O) groups is 1. The fourth-order valence-electron chi connectivity index (χ4n) is 1.24. The van der Waals surface area contributed by atoms with Gasteiger partial charge in [0.05, 0.1) is 13.0 Å².